The van der Waals surface area contributed by atoms with Crippen LogP contribution in [0.2, 0.25) is 0 Å². The molecule has 0 saturated heterocycles. The number of ketones is 1. The number of nitrogens with one attached hydrogen (secondary N) is 1. The molecular formula is C12H17NO2. The van der Waals surface area contributed by atoms with Crippen molar-refractivity contribution in [3.63, 3.8) is 0 Å². The average Bonchev–Trinajstić information content (AvgIpc) is 2.30. The molecule has 0 saturated carbocycles. The lowest BCUT2D eigenvalue weighted by Gasteiger charge is -2.01. The van der Waals surface area contributed by atoms with Crippen LogP contribution in [0.5, 0.6) is 0 Å². The summed E-state index contributed by atoms with van der Waals surface area (Å²) in [6.07, 6.45) is 0. The van der Waals surface area contributed by atoms with Crippen molar-refractivity contribution in [3.8, 4) is 0 Å². The van der Waals surface area contributed by atoms with Crippen molar-refractivity contribution >= 4 is 11.7 Å². The van der Waals surface area contributed by atoms with E-state index in [2.05, 4.69) is 5.32 Å². The Kier molecular flexibility index (Phi) is 6.89. The van der Waals surface area contributed by atoms with Crippen molar-refractivity contribution in [2.45, 2.75) is 20.8 Å². The fourth-order valence-electron chi connectivity index (χ4n) is 0.896. The highest BCUT2D eigenvalue weighted by Gasteiger charge is 2.03. The van der Waals surface area contributed by atoms with Crippen molar-refractivity contribution in [2.75, 3.05) is 6.54 Å². The second-order valence-corrected chi connectivity index (χ2v) is 2.75. The van der Waals surface area contributed by atoms with Gasteiger partial charge in [-0.3, -0.25) is 9.59 Å². The highest BCUT2D eigenvalue weighted by molar-refractivity contribution is 5.96. The molecule has 0 spiro atoms. The highest BCUT2D eigenvalue weighted by atomic mass is 16.2. The van der Waals surface area contributed by atoms with Gasteiger partial charge in [0.15, 0.2) is 0 Å². The second kappa shape index (κ2) is 7.74. The summed E-state index contributed by atoms with van der Waals surface area (Å²) in [5.74, 6) is -0.264. The van der Waals surface area contributed by atoms with E-state index in [1.165, 1.54) is 6.92 Å². The van der Waals surface area contributed by atoms with Crippen LogP contribution in [0.15, 0.2) is 30.3 Å². The van der Waals surface area contributed by atoms with Crippen LogP contribution in [-0.4, -0.2) is 18.2 Å². The zero-order valence-corrected chi connectivity index (χ0v) is 9.41. The maximum Gasteiger partial charge on any atom is 0.251 e. The largest absolute Gasteiger partial charge is 0.345 e. The van der Waals surface area contributed by atoms with Crippen LogP contribution >= 0.6 is 0 Å². The van der Waals surface area contributed by atoms with E-state index in [1.54, 1.807) is 24.3 Å². The van der Waals surface area contributed by atoms with Gasteiger partial charge in [-0.2, -0.15) is 0 Å². The third-order valence-electron chi connectivity index (χ3n) is 1.53. The molecule has 0 radical (unpaired) electrons. The number of hydrogen-bond donors (Lipinski definition) is 1. The molecule has 1 N–H and O–H groups in total. The van der Waals surface area contributed by atoms with Crippen molar-refractivity contribution < 1.29 is 9.59 Å². The van der Waals surface area contributed by atoms with Crippen LogP contribution < -0.4 is 5.32 Å². The third kappa shape index (κ3) is 5.62. The lowest BCUT2D eigenvalue weighted by Crippen LogP contribution is -2.28. The monoisotopic (exact) mass is 207 g/mol. The summed E-state index contributed by atoms with van der Waals surface area (Å²) in [4.78, 5) is 21.9. The van der Waals surface area contributed by atoms with Crippen LogP contribution in [0, 0.1) is 0 Å². The predicted octanol–water partition coefficient (Wildman–Crippen LogP) is 2.03. The van der Waals surface area contributed by atoms with Crippen LogP contribution in [0.4, 0.5) is 0 Å². The summed E-state index contributed by atoms with van der Waals surface area (Å²) >= 11 is 0. The zero-order chi connectivity index (χ0) is 11.7. The molecule has 0 fully saturated rings. The van der Waals surface area contributed by atoms with E-state index in [0.29, 0.717) is 5.56 Å². The molecule has 0 bridgehead atoms. The summed E-state index contributed by atoms with van der Waals surface area (Å²) in [5.41, 5.74) is 0.573. The van der Waals surface area contributed by atoms with Gasteiger partial charge in [-0.1, -0.05) is 32.0 Å². The molecule has 0 aromatic heterocycles. The minimum absolute atomic E-state index is 0.0516. The van der Waals surface area contributed by atoms with Crippen LogP contribution in [0.25, 0.3) is 0 Å². The van der Waals surface area contributed by atoms with Gasteiger partial charge in [-0.05, 0) is 19.1 Å². The van der Waals surface area contributed by atoms with Crippen molar-refractivity contribution in [1.82, 2.24) is 5.32 Å². The number of hydrogen-bond acceptors (Lipinski definition) is 2. The topological polar surface area (TPSA) is 46.2 Å². The van der Waals surface area contributed by atoms with Gasteiger partial charge in [-0.15, -0.1) is 0 Å². The number of carbonyl (C=O) groups excluding carboxylic acids is 2. The third-order valence-corrected chi connectivity index (χ3v) is 1.53. The smallest absolute Gasteiger partial charge is 0.251 e. The first kappa shape index (κ1) is 13.4. The van der Waals surface area contributed by atoms with E-state index in [9.17, 15) is 9.59 Å². The van der Waals surface area contributed by atoms with Gasteiger partial charge in [0.05, 0.1) is 6.54 Å². The highest BCUT2D eigenvalue weighted by Crippen LogP contribution is 1.96. The average molecular weight is 207 g/mol. The molecular weight excluding hydrogens is 190 g/mol. The number of amides is 1. The lowest BCUT2D eigenvalue weighted by atomic mass is 10.2. The summed E-state index contributed by atoms with van der Waals surface area (Å²) in [6, 6.07) is 8.80. The molecule has 0 atom stereocenters. The maximum atomic E-state index is 11.3. The normalized spacial score (nSPS) is 8.47. The van der Waals surface area contributed by atoms with E-state index >= 15 is 0 Å². The van der Waals surface area contributed by atoms with E-state index in [4.69, 9.17) is 0 Å². The first-order valence-electron chi connectivity index (χ1n) is 5.03. The Labute approximate surface area is 90.5 Å². The number of carbonyl (C=O) groups is 2. The van der Waals surface area contributed by atoms with E-state index in [-0.39, 0.29) is 18.2 Å². The fourth-order valence-corrected chi connectivity index (χ4v) is 0.896. The second-order valence-electron chi connectivity index (χ2n) is 2.75. The Bertz CT molecular complexity index is 307. The Hall–Kier alpha value is -1.64. The molecule has 3 nitrogen and oxygen atoms in total. The molecule has 1 aromatic carbocycles. The zero-order valence-electron chi connectivity index (χ0n) is 9.41. The quantitative estimate of drug-likeness (QED) is 0.824. The Morgan fingerprint density at radius 3 is 2.13 bits per heavy atom. The van der Waals surface area contributed by atoms with Crippen molar-refractivity contribution in [3.05, 3.63) is 35.9 Å². The van der Waals surface area contributed by atoms with Crippen molar-refractivity contribution in [1.29, 1.82) is 0 Å². The van der Waals surface area contributed by atoms with Gasteiger partial charge < -0.3 is 5.32 Å². The van der Waals surface area contributed by atoms with Crippen LogP contribution in [0.3, 0.4) is 0 Å². The number of rotatable bonds is 3. The predicted molar refractivity (Wildman–Crippen MR) is 60.8 cm³/mol. The minimum Gasteiger partial charge on any atom is -0.345 e. The van der Waals surface area contributed by atoms with Gasteiger partial charge in [0.2, 0.25) is 0 Å². The van der Waals surface area contributed by atoms with Gasteiger partial charge in [0.25, 0.3) is 5.91 Å². The molecule has 1 amide bonds. The van der Waals surface area contributed by atoms with Gasteiger partial charge >= 0.3 is 0 Å². The Morgan fingerprint density at radius 1 is 1.13 bits per heavy atom. The van der Waals surface area contributed by atoms with Gasteiger partial charge in [-0.25, -0.2) is 0 Å². The molecule has 82 valence electrons. The first-order chi connectivity index (χ1) is 7.20. The summed E-state index contributed by atoms with van der Waals surface area (Å²) in [5, 5.41) is 2.51. The van der Waals surface area contributed by atoms with E-state index in [0.717, 1.165) is 0 Å². The van der Waals surface area contributed by atoms with Crippen LogP contribution in [0.1, 0.15) is 31.1 Å². The van der Waals surface area contributed by atoms with Gasteiger partial charge in [0, 0.05) is 5.56 Å². The number of Topliss-reactive ketones (excluding diaryl/α,β-unsaturated/α-hetero) is 1. The summed E-state index contributed by atoms with van der Waals surface area (Å²) in [6.45, 7) is 5.53. The standard InChI is InChI=1S/C10H11NO2.C2H6/c1-8(12)7-11-10(13)9-5-3-2-4-6-9;1-2/h2-6H,7H2,1H3,(H,11,13);1-2H3. The van der Waals surface area contributed by atoms with Crippen LogP contribution in [-0.2, 0) is 4.79 Å². The van der Waals surface area contributed by atoms with E-state index in [1.807, 2.05) is 19.9 Å². The molecule has 0 heterocycles. The molecule has 0 aliphatic carbocycles. The molecule has 1 aromatic rings. The molecule has 1 rings (SSSR count). The SMILES string of the molecule is CC.CC(=O)CNC(=O)c1ccccc1. The molecule has 0 unspecified atom stereocenters. The lowest BCUT2D eigenvalue weighted by molar-refractivity contribution is -0.116. The summed E-state index contributed by atoms with van der Waals surface area (Å²) in [7, 11) is 0. The maximum absolute atomic E-state index is 11.3. The Balaban J connectivity index is 0.000000921. The Morgan fingerprint density at radius 2 is 1.67 bits per heavy atom. The molecule has 3 heteroatoms. The molecule has 15 heavy (non-hydrogen) atoms. The number of benzene rings is 1. The first-order valence-corrected chi connectivity index (χ1v) is 5.03. The molecule has 0 aliphatic rings. The minimum atomic E-state index is -0.212. The summed E-state index contributed by atoms with van der Waals surface area (Å²) < 4.78 is 0. The van der Waals surface area contributed by atoms with E-state index < -0.39 is 0 Å². The fraction of sp³-hybridized carbons (Fsp3) is 0.333. The van der Waals surface area contributed by atoms with Gasteiger partial charge in [0.1, 0.15) is 5.78 Å². The van der Waals surface area contributed by atoms with Crippen molar-refractivity contribution in [2.24, 2.45) is 0 Å². The molecule has 0 aliphatic heterocycles.